The van der Waals surface area contributed by atoms with E-state index in [1.54, 1.807) is 7.11 Å². The van der Waals surface area contributed by atoms with Crippen LogP contribution < -0.4 is 10.1 Å². The van der Waals surface area contributed by atoms with Crippen molar-refractivity contribution in [2.75, 3.05) is 26.7 Å². The second-order valence-electron chi connectivity index (χ2n) is 12.0. The number of aromatic nitrogens is 3. The third kappa shape index (κ3) is 7.78. The molecule has 0 unspecified atom stereocenters. The molecule has 0 aliphatic carbocycles. The lowest BCUT2D eigenvalue weighted by atomic mass is 10.0. The van der Waals surface area contributed by atoms with E-state index >= 15 is 0 Å². The lowest BCUT2D eigenvalue weighted by molar-refractivity contribution is -0.121. The first-order valence-corrected chi connectivity index (χ1v) is 16.3. The number of fused-ring (bicyclic) bond motifs is 1. The number of imidazole rings is 1. The van der Waals surface area contributed by atoms with E-state index in [9.17, 15) is 9.59 Å². The Bertz CT molecular complexity index is 1530. The van der Waals surface area contributed by atoms with Crippen LogP contribution in [0.3, 0.4) is 0 Å². The number of nitrogens with zero attached hydrogens (tertiary/aromatic N) is 3. The molecular weight excluding hydrogens is 550 g/mol. The molecule has 8 nitrogen and oxygen atoms in total. The molecule has 5 rings (SSSR count). The maximum atomic E-state index is 13.8. The summed E-state index contributed by atoms with van der Waals surface area (Å²) in [5.74, 6) is 1.82. The molecule has 3 heterocycles. The highest BCUT2D eigenvalue weighted by atomic mass is 16.5. The quantitative estimate of drug-likeness (QED) is 0.139. The number of Topliss-reactive ketones (excluding diaryl/α,β-unsaturated/α-hetero) is 1. The molecule has 1 fully saturated rings. The van der Waals surface area contributed by atoms with Gasteiger partial charge in [-0.15, -0.1) is 0 Å². The van der Waals surface area contributed by atoms with Gasteiger partial charge in [0.1, 0.15) is 17.4 Å². The lowest BCUT2D eigenvalue weighted by Gasteiger charge is -2.18. The van der Waals surface area contributed by atoms with Crippen LogP contribution in [0.2, 0.25) is 0 Å². The molecule has 2 aromatic carbocycles. The lowest BCUT2D eigenvalue weighted by Crippen LogP contribution is -2.31. The Hall–Kier alpha value is -3.91. The molecule has 1 saturated heterocycles. The largest absolute Gasteiger partial charge is 0.497 e. The van der Waals surface area contributed by atoms with Crippen molar-refractivity contribution in [1.29, 1.82) is 0 Å². The van der Waals surface area contributed by atoms with Gasteiger partial charge in [0.05, 0.1) is 31.5 Å². The zero-order valence-corrected chi connectivity index (χ0v) is 26.5. The first kappa shape index (κ1) is 31.5. The van der Waals surface area contributed by atoms with Gasteiger partial charge in [-0.2, -0.15) is 0 Å². The predicted molar refractivity (Wildman–Crippen MR) is 176 cm³/mol. The Labute approximate surface area is 261 Å². The summed E-state index contributed by atoms with van der Waals surface area (Å²) in [6.07, 6.45) is 9.33. The van der Waals surface area contributed by atoms with Gasteiger partial charge in [-0.3, -0.25) is 9.59 Å². The number of hydrogen-bond acceptors (Lipinski definition) is 5. The molecule has 1 amide bonds. The molecule has 1 aliphatic heterocycles. The number of H-pyrrole nitrogens is 1. The van der Waals surface area contributed by atoms with E-state index in [0.717, 1.165) is 96.9 Å². The van der Waals surface area contributed by atoms with Crippen LogP contribution in [0.25, 0.3) is 22.2 Å². The number of unbranched alkanes of at least 4 members (excludes halogenated alkanes) is 2. The molecule has 1 aliphatic rings. The molecule has 0 saturated carbocycles. The third-order valence-corrected chi connectivity index (χ3v) is 9.03. The number of methoxy groups -OCH3 is 1. The van der Waals surface area contributed by atoms with Crippen LogP contribution in [0, 0.1) is 6.92 Å². The predicted octanol–water partition coefficient (Wildman–Crippen LogP) is 6.77. The molecular formula is C36H47N5O3. The molecule has 0 bridgehead atoms. The second-order valence-corrected chi connectivity index (χ2v) is 12.0. The van der Waals surface area contributed by atoms with E-state index in [-0.39, 0.29) is 18.4 Å². The Morgan fingerprint density at radius 1 is 1.05 bits per heavy atom. The minimum atomic E-state index is -0.250. The maximum Gasteiger partial charge on any atom is 0.225 e. The van der Waals surface area contributed by atoms with Gasteiger partial charge in [0.15, 0.2) is 0 Å². The van der Waals surface area contributed by atoms with Gasteiger partial charge in [-0.1, -0.05) is 50.1 Å². The van der Waals surface area contributed by atoms with Crippen molar-refractivity contribution >= 4 is 22.6 Å². The highest BCUT2D eigenvalue weighted by molar-refractivity contribution is 5.91. The fourth-order valence-electron chi connectivity index (χ4n) is 6.40. The molecule has 8 heteroatoms. The number of aromatic amines is 1. The Morgan fingerprint density at radius 2 is 1.84 bits per heavy atom. The summed E-state index contributed by atoms with van der Waals surface area (Å²) in [6, 6.07) is 16.0. The number of likely N-dealkylation sites (tertiary alicyclic amines) is 1. The third-order valence-electron chi connectivity index (χ3n) is 9.03. The zero-order valence-electron chi connectivity index (χ0n) is 26.5. The van der Waals surface area contributed by atoms with Crippen LogP contribution in [0.15, 0.2) is 54.7 Å². The van der Waals surface area contributed by atoms with E-state index in [2.05, 4.69) is 38.8 Å². The normalized spacial score (nSPS) is 14.2. The number of rotatable bonds is 16. The number of benzene rings is 2. The average molecular weight is 598 g/mol. The number of amides is 1. The van der Waals surface area contributed by atoms with Gasteiger partial charge in [-0.05, 0) is 75.0 Å². The number of carbonyl (C=O) groups is 2. The van der Waals surface area contributed by atoms with Gasteiger partial charge in [0.25, 0.3) is 0 Å². The van der Waals surface area contributed by atoms with E-state index in [1.807, 2.05) is 49.5 Å². The Morgan fingerprint density at radius 3 is 2.59 bits per heavy atom. The summed E-state index contributed by atoms with van der Waals surface area (Å²) in [4.78, 5) is 36.2. The summed E-state index contributed by atoms with van der Waals surface area (Å²) >= 11 is 0. The van der Waals surface area contributed by atoms with Crippen molar-refractivity contribution in [3.05, 3.63) is 71.8 Å². The summed E-state index contributed by atoms with van der Waals surface area (Å²) in [5.41, 5.74) is 5.29. The van der Waals surface area contributed by atoms with E-state index in [4.69, 9.17) is 9.72 Å². The van der Waals surface area contributed by atoms with Gasteiger partial charge >= 0.3 is 0 Å². The molecule has 44 heavy (non-hydrogen) atoms. The number of nitrogens with one attached hydrogen (secondary N) is 2. The zero-order chi connectivity index (χ0) is 30.9. The number of ketones is 1. The van der Waals surface area contributed by atoms with Crippen molar-refractivity contribution in [3.8, 4) is 17.0 Å². The minimum Gasteiger partial charge on any atom is -0.497 e. The summed E-state index contributed by atoms with van der Waals surface area (Å²) in [7, 11) is 1.68. The van der Waals surface area contributed by atoms with Gasteiger partial charge in [0.2, 0.25) is 5.91 Å². The average Bonchev–Trinajstić information content (AvgIpc) is 3.80. The van der Waals surface area contributed by atoms with Crippen molar-refractivity contribution in [1.82, 2.24) is 24.8 Å². The first-order chi connectivity index (χ1) is 21.5. The molecule has 4 aromatic rings. The minimum absolute atomic E-state index is 0.0293. The Balaban J connectivity index is 1.34. The maximum absolute atomic E-state index is 13.8. The van der Waals surface area contributed by atoms with Gasteiger partial charge < -0.3 is 24.5 Å². The molecule has 234 valence electrons. The molecule has 0 spiro atoms. The molecule has 2 N–H and O–H groups in total. The summed E-state index contributed by atoms with van der Waals surface area (Å²) in [5, 5.41) is 4.38. The summed E-state index contributed by atoms with van der Waals surface area (Å²) < 4.78 is 7.93. The summed E-state index contributed by atoms with van der Waals surface area (Å²) in [6.45, 7) is 8.28. The van der Waals surface area contributed by atoms with Crippen LogP contribution >= 0.6 is 0 Å². The van der Waals surface area contributed by atoms with Crippen LogP contribution in [-0.4, -0.2) is 57.9 Å². The fraction of sp³-hybridized carbons (Fsp3) is 0.472. The standard InChI is InChI=1S/C36H47N5O3/c1-4-28(42)15-9-6-10-16-32(36-37-25-33(39-36)27-13-7-5-8-14-27)38-35(43)24-30-26(2)41(22-21-40-19-11-12-20-40)34-18-17-29(44-3)23-31(30)34/h5,7-8,13-14,17-18,23,25,32H,4,6,9-12,15-16,19-22,24H2,1-3H3,(H,37,39)(H,38,43)/t32-/m0/s1. The SMILES string of the molecule is CCC(=O)CCCCC[C@H](NC(=O)Cc1c(C)n(CCN2CCCC2)c2ccc(OC)cc12)c1ncc(-c2ccccc2)[nH]1. The monoisotopic (exact) mass is 597 g/mol. The molecule has 1 atom stereocenters. The number of hydrogen-bond donors (Lipinski definition) is 2. The number of carbonyl (C=O) groups excluding carboxylic acids is 2. The number of ether oxygens (including phenoxy) is 1. The van der Waals surface area contributed by atoms with Crippen molar-refractivity contribution in [2.45, 2.75) is 84.2 Å². The Kier molecular flexibility index (Phi) is 10.9. The smallest absolute Gasteiger partial charge is 0.225 e. The van der Waals surface area contributed by atoms with Gasteiger partial charge in [-0.25, -0.2) is 4.98 Å². The van der Waals surface area contributed by atoms with E-state index < -0.39 is 0 Å². The van der Waals surface area contributed by atoms with Gasteiger partial charge in [0, 0.05) is 42.5 Å². The van der Waals surface area contributed by atoms with Crippen molar-refractivity contribution in [2.24, 2.45) is 0 Å². The van der Waals surface area contributed by atoms with Crippen LogP contribution in [-0.2, 0) is 22.6 Å². The van der Waals surface area contributed by atoms with Crippen LogP contribution in [0.1, 0.15) is 81.4 Å². The van der Waals surface area contributed by atoms with Crippen molar-refractivity contribution in [3.63, 3.8) is 0 Å². The fourth-order valence-corrected chi connectivity index (χ4v) is 6.40. The highest BCUT2D eigenvalue weighted by Gasteiger charge is 2.22. The van der Waals surface area contributed by atoms with E-state index in [0.29, 0.717) is 18.6 Å². The van der Waals surface area contributed by atoms with Crippen LogP contribution in [0.5, 0.6) is 5.75 Å². The van der Waals surface area contributed by atoms with Crippen molar-refractivity contribution < 1.29 is 14.3 Å². The molecule has 0 radical (unpaired) electrons. The molecule has 2 aromatic heterocycles. The second kappa shape index (κ2) is 15.2. The van der Waals surface area contributed by atoms with E-state index in [1.165, 1.54) is 12.8 Å². The highest BCUT2D eigenvalue weighted by Crippen LogP contribution is 2.31. The first-order valence-electron chi connectivity index (χ1n) is 16.3. The topological polar surface area (TPSA) is 92.2 Å². The van der Waals surface area contributed by atoms with Crippen LogP contribution in [0.4, 0.5) is 0 Å².